The highest BCUT2D eigenvalue weighted by Gasteiger charge is 2.28. The Bertz CT molecular complexity index is 199. The minimum Gasteiger partial charge on any atom is -0.468 e. The number of rotatable bonds is 4. The Morgan fingerprint density at radius 2 is 2.00 bits per heavy atom. The first-order valence-corrected chi connectivity index (χ1v) is 4.19. The van der Waals surface area contributed by atoms with Crippen LogP contribution >= 0.6 is 0 Å². The molecule has 0 aliphatic heterocycles. The van der Waals surface area contributed by atoms with Crippen molar-refractivity contribution in [3.8, 4) is 0 Å². The van der Waals surface area contributed by atoms with Crippen molar-refractivity contribution in [1.82, 2.24) is 0 Å². The molecule has 0 aromatic carbocycles. The van der Waals surface area contributed by atoms with E-state index in [0.29, 0.717) is 5.76 Å². The van der Waals surface area contributed by atoms with E-state index >= 15 is 0 Å². The van der Waals surface area contributed by atoms with Crippen LogP contribution in [-0.2, 0) is 14.4 Å². The fourth-order valence-corrected chi connectivity index (χ4v) is 1.16. The van der Waals surface area contributed by atoms with Gasteiger partial charge in [-0.15, -0.1) is 0 Å². The molecule has 0 amide bonds. The number of ether oxygens (including phenoxy) is 1. The molecule has 0 fully saturated rings. The smallest absolute Gasteiger partial charge is 0.316 e. The molecule has 0 saturated heterocycles. The highest BCUT2D eigenvalue weighted by atomic mass is 16.6. The third kappa shape index (κ3) is 3.06. The van der Waals surface area contributed by atoms with Gasteiger partial charge in [0.15, 0.2) is 0 Å². The second-order valence-corrected chi connectivity index (χ2v) is 3.05. The summed E-state index contributed by atoms with van der Waals surface area (Å²) < 4.78 is 4.64. The number of esters is 1. The Labute approximate surface area is 78.7 Å². The lowest BCUT2D eigenvalue weighted by molar-refractivity contribution is -0.147. The summed E-state index contributed by atoms with van der Waals surface area (Å²) in [5.41, 5.74) is 0. The Morgan fingerprint density at radius 3 is 2.23 bits per heavy atom. The molecule has 0 spiro atoms. The number of carbonyl (C=O) groups excluding carboxylic acids is 1. The summed E-state index contributed by atoms with van der Waals surface area (Å²) in [6.07, 6.45) is 1.67. The van der Waals surface area contributed by atoms with Crippen molar-refractivity contribution in [2.45, 2.75) is 20.8 Å². The highest BCUT2D eigenvalue weighted by Crippen LogP contribution is 2.21. The van der Waals surface area contributed by atoms with Crippen molar-refractivity contribution in [2.24, 2.45) is 17.7 Å². The molecule has 0 aromatic rings. The largest absolute Gasteiger partial charge is 0.468 e. The van der Waals surface area contributed by atoms with Crippen molar-refractivity contribution < 1.29 is 14.4 Å². The average Bonchev–Trinajstić information content (AvgIpc) is 2.12. The molecule has 1 atom stereocenters. The summed E-state index contributed by atoms with van der Waals surface area (Å²) in [5, 5.41) is 0. The summed E-state index contributed by atoms with van der Waals surface area (Å²) in [5.74, 6) is 4.84. The van der Waals surface area contributed by atoms with E-state index in [1.54, 1.807) is 13.0 Å². The zero-order valence-corrected chi connectivity index (χ0v) is 8.53. The molecule has 0 aliphatic rings. The number of allylic oxidation sites excluding steroid dienone is 1. The highest BCUT2D eigenvalue weighted by molar-refractivity contribution is 5.75. The van der Waals surface area contributed by atoms with Crippen molar-refractivity contribution in [3.63, 3.8) is 0 Å². The molecule has 0 bridgehead atoms. The summed E-state index contributed by atoms with van der Waals surface area (Å²) in [6.45, 7) is 5.58. The molecule has 4 nitrogen and oxygen atoms in total. The summed E-state index contributed by atoms with van der Waals surface area (Å²) in [4.78, 5) is 15.9. The van der Waals surface area contributed by atoms with E-state index in [1.807, 2.05) is 13.8 Å². The molecule has 2 N–H and O–H groups in total. The van der Waals surface area contributed by atoms with Gasteiger partial charge in [-0.1, -0.05) is 13.8 Å². The van der Waals surface area contributed by atoms with Gasteiger partial charge >= 0.3 is 5.97 Å². The predicted octanol–water partition coefficient (Wildman–Crippen LogP) is 1.23. The van der Waals surface area contributed by atoms with Crippen LogP contribution in [0.4, 0.5) is 0 Å². The van der Waals surface area contributed by atoms with Gasteiger partial charge in [0.2, 0.25) is 0 Å². The van der Waals surface area contributed by atoms with Crippen LogP contribution in [0, 0.1) is 11.8 Å². The lowest BCUT2D eigenvalue weighted by atomic mass is 9.94. The first-order valence-electron chi connectivity index (χ1n) is 4.19. The van der Waals surface area contributed by atoms with Crippen LogP contribution in [0.1, 0.15) is 20.8 Å². The van der Waals surface area contributed by atoms with Crippen molar-refractivity contribution in [3.05, 3.63) is 11.8 Å². The van der Waals surface area contributed by atoms with Gasteiger partial charge in [0.05, 0.1) is 7.11 Å². The zero-order chi connectivity index (χ0) is 10.4. The van der Waals surface area contributed by atoms with Gasteiger partial charge in [-0.3, -0.25) is 4.79 Å². The normalized spacial score (nSPS) is 14.2. The van der Waals surface area contributed by atoms with Gasteiger partial charge in [0.25, 0.3) is 0 Å². The fraction of sp³-hybridized carbons (Fsp3) is 0.667. The van der Waals surface area contributed by atoms with Crippen molar-refractivity contribution in [2.75, 3.05) is 7.11 Å². The van der Waals surface area contributed by atoms with E-state index in [0.717, 1.165) is 0 Å². The number of carbonyl (C=O) groups is 1. The predicted molar refractivity (Wildman–Crippen MR) is 49.4 cm³/mol. The second kappa shape index (κ2) is 5.59. The monoisotopic (exact) mass is 187 g/mol. The molecular weight excluding hydrogens is 170 g/mol. The van der Waals surface area contributed by atoms with E-state index in [-0.39, 0.29) is 11.9 Å². The number of nitrogens with two attached hydrogens (primary N) is 1. The molecule has 0 rings (SSSR count). The fourth-order valence-electron chi connectivity index (χ4n) is 1.16. The first-order chi connectivity index (χ1) is 6.08. The molecule has 4 heteroatoms. The summed E-state index contributed by atoms with van der Waals surface area (Å²) in [7, 11) is 1.35. The summed E-state index contributed by atoms with van der Waals surface area (Å²) >= 11 is 0. The second-order valence-electron chi connectivity index (χ2n) is 3.05. The lowest BCUT2D eigenvalue weighted by Crippen LogP contribution is -2.26. The van der Waals surface area contributed by atoms with Crippen LogP contribution < -0.4 is 5.90 Å². The van der Waals surface area contributed by atoms with Gasteiger partial charge in [-0.2, -0.15) is 5.90 Å². The first kappa shape index (κ1) is 12.0. The third-order valence-electron chi connectivity index (χ3n) is 1.85. The van der Waals surface area contributed by atoms with Crippen molar-refractivity contribution >= 4 is 5.97 Å². The maximum Gasteiger partial charge on any atom is 0.316 e. The van der Waals surface area contributed by atoms with Crippen molar-refractivity contribution in [1.29, 1.82) is 0 Å². The Hall–Kier alpha value is -1.03. The van der Waals surface area contributed by atoms with Crippen LogP contribution in [0.25, 0.3) is 0 Å². The number of hydrogen-bond acceptors (Lipinski definition) is 4. The van der Waals surface area contributed by atoms with Gasteiger partial charge < -0.3 is 9.57 Å². The van der Waals surface area contributed by atoms with Crippen LogP contribution in [-0.4, -0.2) is 13.1 Å². The molecular formula is C9H17NO3. The minimum atomic E-state index is -0.417. The maximum atomic E-state index is 11.3. The van der Waals surface area contributed by atoms with Gasteiger partial charge in [-0.05, 0) is 18.9 Å². The molecule has 1 unspecified atom stereocenters. The maximum absolute atomic E-state index is 11.3. The van der Waals surface area contributed by atoms with E-state index in [9.17, 15) is 4.79 Å². The number of hydrogen-bond donors (Lipinski definition) is 1. The molecule has 0 radical (unpaired) electrons. The molecule has 76 valence electrons. The van der Waals surface area contributed by atoms with Crippen LogP contribution in [0.3, 0.4) is 0 Å². The van der Waals surface area contributed by atoms with Gasteiger partial charge in [0.1, 0.15) is 11.7 Å². The molecule has 13 heavy (non-hydrogen) atoms. The topological polar surface area (TPSA) is 61.5 Å². The molecule has 0 heterocycles. The van der Waals surface area contributed by atoms with Crippen LogP contribution in [0.5, 0.6) is 0 Å². The standard InChI is InChI=1S/C9H17NO3/c1-5-7(13-10)8(6(2)3)9(11)12-4/h5-6,8H,10H2,1-4H3/b7-5-. The molecule has 0 aromatic heterocycles. The average molecular weight is 187 g/mol. The summed E-state index contributed by atoms with van der Waals surface area (Å²) in [6, 6.07) is 0. The van der Waals surface area contributed by atoms with E-state index in [4.69, 9.17) is 5.90 Å². The third-order valence-corrected chi connectivity index (χ3v) is 1.85. The van der Waals surface area contributed by atoms with E-state index in [1.165, 1.54) is 7.11 Å². The van der Waals surface area contributed by atoms with Gasteiger partial charge in [-0.25, -0.2) is 0 Å². The SMILES string of the molecule is C/C=C(\ON)C(C(=O)OC)C(C)C. The minimum absolute atomic E-state index is 0.0993. The van der Waals surface area contributed by atoms with E-state index < -0.39 is 5.92 Å². The molecule has 0 aliphatic carbocycles. The zero-order valence-electron chi connectivity index (χ0n) is 8.53. The van der Waals surface area contributed by atoms with Crippen LogP contribution in [0.15, 0.2) is 11.8 Å². The van der Waals surface area contributed by atoms with E-state index in [2.05, 4.69) is 9.57 Å². The Balaban J connectivity index is 4.69. The Morgan fingerprint density at radius 1 is 1.46 bits per heavy atom. The van der Waals surface area contributed by atoms with Crippen LogP contribution in [0.2, 0.25) is 0 Å². The molecule has 0 saturated carbocycles. The van der Waals surface area contributed by atoms with Gasteiger partial charge in [0, 0.05) is 0 Å². The number of methoxy groups -OCH3 is 1. The quantitative estimate of drug-likeness (QED) is 0.408. The lowest BCUT2D eigenvalue weighted by Gasteiger charge is -2.19. The Kier molecular flexibility index (Phi) is 5.14.